The van der Waals surface area contributed by atoms with Crippen LogP contribution in [0.5, 0.6) is 0 Å². The molecule has 0 aliphatic heterocycles. The van der Waals surface area contributed by atoms with E-state index in [2.05, 4.69) is 32.8 Å². The van der Waals surface area contributed by atoms with E-state index in [1.165, 1.54) is 20.1 Å². The van der Waals surface area contributed by atoms with Gasteiger partial charge in [-0.15, -0.1) is 0 Å². The second kappa shape index (κ2) is 8.01. The number of carbonyl (C=O) groups excluding carboxylic acids is 1. The van der Waals surface area contributed by atoms with Crippen LogP contribution >= 0.6 is 0 Å². The number of hydrogen-bond donors (Lipinski definition) is 0. The molecule has 0 aromatic carbocycles. The maximum atomic E-state index is 9.36. The highest BCUT2D eigenvalue weighted by Crippen LogP contribution is 1.90. The third-order valence-electron chi connectivity index (χ3n) is 1.16. The van der Waals surface area contributed by atoms with Crippen molar-refractivity contribution < 1.29 is 19.1 Å². The molecule has 0 amide bonds. The zero-order valence-electron chi connectivity index (χ0n) is 9.29. The molecule has 0 saturated carbocycles. The maximum Gasteiger partial charge on any atom is 0.0857 e. The monoisotopic (exact) mass is 191 g/mol. The van der Waals surface area contributed by atoms with Crippen molar-refractivity contribution in [2.24, 2.45) is 0 Å². The number of rotatable bonds is 4. The van der Waals surface area contributed by atoms with Crippen molar-refractivity contribution in [2.45, 2.75) is 13.3 Å². The number of carboxylic acids is 1. The molecule has 0 unspecified atom stereocenters. The van der Waals surface area contributed by atoms with E-state index in [9.17, 15) is 9.90 Å². The Labute approximate surface area is 80.7 Å². The van der Waals surface area contributed by atoms with Gasteiger partial charge < -0.3 is 19.1 Å². The fraction of sp³-hybridized carbons (Fsp3) is 0.889. The fourth-order valence-electron chi connectivity index (χ4n) is 0.789. The summed E-state index contributed by atoms with van der Waals surface area (Å²) >= 11 is 0. The van der Waals surface area contributed by atoms with Crippen LogP contribution in [0, 0.1) is 0 Å². The lowest BCUT2D eigenvalue weighted by atomic mass is 10.4. The lowest BCUT2D eigenvalue weighted by molar-refractivity contribution is -0.870. The summed E-state index contributed by atoms with van der Waals surface area (Å²) in [6, 6.07) is 0. The number of aliphatic carboxylic acids is 1. The molecule has 0 fully saturated rings. The van der Waals surface area contributed by atoms with E-state index in [1.807, 2.05) is 0 Å². The van der Waals surface area contributed by atoms with E-state index in [0.29, 0.717) is 0 Å². The Bertz CT molecular complexity index is 129. The van der Waals surface area contributed by atoms with Crippen LogP contribution in [0.3, 0.4) is 0 Å². The fourth-order valence-corrected chi connectivity index (χ4v) is 0.789. The summed E-state index contributed by atoms with van der Waals surface area (Å²) < 4.78 is 5.23. The van der Waals surface area contributed by atoms with E-state index in [-0.39, 0.29) is 6.61 Å². The molecule has 80 valence electrons. The third-order valence-corrected chi connectivity index (χ3v) is 1.16. The van der Waals surface area contributed by atoms with E-state index < -0.39 is 5.97 Å². The lowest BCUT2D eigenvalue weighted by Crippen LogP contribution is -2.34. The summed E-state index contributed by atoms with van der Waals surface area (Å²) in [4.78, 5) is 9.36. The first kappa shape index (κ1) is 14.9. The van der Waals surface area contributed by atoms with Crippen LogP contribution in [0.1, 0.15) is 13.3 Å². The quantitative estimate of drug-likeness (QED) is 0.562. The molecule has 0 aliphatic carbocycles. The van der Waals surface area contributed by atoms with Crippen LogP contribution in [0.25, 0.3) is 0 Å². The highest BCUT2D eigenvalue weighted by molar-refractivity contribution is 5.65. The molecule has 0 heterocycles. The highest BCUT2D eigenvalue weighted by atomic mass is 16.5. The van der Waals surface area contributed by atoms with Crippen LogP contribution in [-0.2, 0) is 9.53 Å². The molecule has 0 aliphatic rings. The van der Waals surface area contributed by atoms with Crippen LogP contribution in [0.4, 0.5) is 0 Å². The summed E-state index contributed by atoms with van der Waals surface area (Å²) in [6.45, 7) is 3.17. The Hall–Kier alpha value is -0.610. The van der Waals surface area contributed by atoms with Crippen molar-refractivity contribution in [1.29, 1.82) is 0 Å². The normalized spacial score (nSPS) is 10.2. The molecule has 0 bridgehead atoms. The van der Waals surface area contributed by atoms with E-state index >= 15 is 0 Å². The highest BCUT2D eigenvalue weighted by Gasteiger charge is 2.01. The standard InChI is InChI=1S/C6H16N.C3H6O3/c1-5-6-7(2,3)4;1-6-2-3(4)5/h5-6H2,1-4H3;2H2,1H3,(H,4,5)/q+1;/p-1. The van der Waals surface area contributed by atoms with Gasteiger partial charge in [0.05, 0.1) is 40.3 Å². The molecule has 0 aromatic rings. The first-order chi connectivity index (χ1) is 5.83. The van der Waals surface area contributed by atoms with Crippen LogP contribution in [-0.4, -0.2) is 51.9 Å². The second-order valence-electron chi connectivity index (χ2n) is 3.82. The van der Waals surface area contributed by atoms with Gasteiger partial charge in [0.25, 0.3) is 0 Å². The van der Waals surface area contributed by atoms with Gasteiger partial charge in [-0.1, -0.05) is 6.92 Å². The topological polar surface area (TPSA) is 49.4 Å². The Morgan fingerprint density at radius 2 is 1.85 bits per heavy atom. The number of ether oxygens (including phenoxy) is 1. The van der Waals surface area contributed by atoms with Gasteiger partial charge in [0.15, 0.2) is 0 Å². The first-order valence-electron chi connectivity index (χ1n) is 4.32. The zero-order chi connectivity index (χ0) is 10.9. The van der Waals surface area contributed by atoms with Gasteiger partial charge in [-0.25, -0.2) is 0 Å². The molecule has 4 nitrogen and oxygen atoms in total. The van der Waals surface area contributed by atoms with E-state index in [1.54, 1.807) is 0 Å². The van der Waals surface area contributed by atoms with Crippen molar-refractivity contribution in [3.8, 4) is 0 Å². The Morgan fingerprint density at radius 3 is 1.85 bits per heavy atom. The average molecular weight is 191 g/mol. The zero-order valence-corrected chi connectivity index (χ0v) is 9.29. The predicted octanol–water partition coefficient (Wildman–Crippen LogP) is -0.515. The molecule has 0 N–H and O–H groups in total. The summed E-state index contributed by atoms with van der Waals surface area (Å²) in [6.07, 6.45) is 1.28. The number of carboxylic acid groups (broad SMARTS) is 1. The van der Waals surface area contributed by atoms with Crippen LogP contribution < -0.4 is 5.11 Å². The summed E-state index contributed by atoms with van der Waals surface area (Å²) in [5.74, 6) is -1.18. The van der Waals surface area contributed by atoms with Gasteiger partial charge in [-0.2, -0.15) is 0 Å². The summed E-state index contributed by atoms with van der Waals surface area (Å²) in [7, 11) is 7.94. The Morgan fingerprint density at radius 1 is 1.38 bits per heavy atom. The van der Waals surface area contributed by atoms with Gasteiger partial charge in [0.1, 0.15) is 0 Å². The summed E-state index contributed by atoms with van der Waals surface area (Å²) in [5.41, 5.74) is 0. The molecule has 0 saturated heterocycles. The largest absolute Gasteiger partial charge is 0.548 e. The van der Waals surface area contributed by atoms with Gasteiger partial charge in [0.2, 0.25) is 0 Å². The van der Waals surface area contributed by atoms with Crippen molar-refractivity contribution in [1.82, 2.24) is 0 Å². The Kier molecular flexibility index (Phi) is 9.17. The molecule has 0 radical (unpaired) electrons. The van der Waals surface area contributed by atoms with Crippen molar-refractivity contribution in [3.05, 3.63) is 0 Å². The molecule has 0 rings (SSSR count). The maximum absolute atomic E-state index is 9.36. The van der Waals surface area contributed by atoms with Crippen LogP contribution in [0.15, 0.2) is 0 Å². The van der Waals surface area contributed by atoms with Crippen LogP contribution in [0.2, 0.25) is 0 Å². The van der Waals surface area contributed by atoms with Crippen molar-refractivity contribution >= 4 is 5.97 Å². The number of carbonyl (C=O) groups is 1. The minimum atomic E-state index is -1.18. The number of methoxy groups -OCH3 is 1. The number of nitrogens with zero attached hydrogens (tertiary/aromatic N) is 1. The molecule has 0 aromatic heterocycles. The van der Waals surface area contributed by atoms with Gasteiger partial charge >= 0.3 is 0 Å². The molecular weight excluding hydrogens is 170 g/mol. The molecule has 13 heavy (non-hydrogen) atoms. The van der Waals surface area contributed by atoms with Gasteiger partial charge in [-0.3, -0.25) is 0 Å². The minimum Gasteiger partial charge on any atom is -0.548 e. The second-order valence-corrected chi connectivity index (χ2v) is 3.82. The first-order valence-corrected chi connectivity index (χ1v) is 4.32. The van der Waals surface area contributed by atoms with Crippen molar-refractivity contribution in [2.75, 3.05) is 41.4 Å². The summed E-state index contributed by atoms with van der Waals surface area (Å²) in [5, 5.41) is 9.36. The smallest absolute Gasteiger partial charge is 0.0857 e. The molecular formula is C9H21NO3. The molecule has 0 spiro atoms. The van der Waals surface area contributed by atoms with E-state index in [4.69, 9.17) is 0 Å². The number of hydrogen-bond acceptors (Lipinski definition) is 3. The molecule has 0 atom stereocenters. The van der Waals surface area contributed by atoms with E-state index in [0.717, 1.165) is 4.48 Å². The molecule has 4 heteroatoms. The number of quaternary nitrogens is 1. The lowest BCUT2D eigenvalue weighted by Gasteiger charge is -2.22. The van der Waals surface area contributed by atoms with Gasteiger partial charge in [-0.05, 0) is 6.42 Å². The predicted molar refractivity (Wildman–Crippen MR) is 50.1 cm³/mol. The van der Waals surface area contributed by atoms with Gasteiger partial charge in [0, 0.05) is 7.11 Å². The third kappa shape index (κ3) is 24.6. The average Bonchev–Trinajstić information content (AvgIpc) is 1.84. The SMILES string of the molecule is CCC[N+](C)(C)C.COCC(=O)[O-]. The van der Waals surface area contributed by atoms with Crippen molar-refractivity contribution in [3.63, 3.8) is 0 Å². The minimum absolute atomic E-state index is 0.319. The Balaban J connectivity index is 0.